The zero-order valence-electron chi connectivity index (χ0n) is 13.7. The second kappa shape index (κ2) is 8.04. The quantitative estimate of drug-likeness (QED) is 0.714. The monoisotopic (exact) mass is 379 g/mol. The zero-order valence-corrected chi connectivity index (χ0v) is 15.4. The summed E-state index contributed by atoms with van der Waals surface area (Å²) in [5.41, 5.74) is 1.44. The number of amides is 1. The lowest BCUT2D eigenvalue weighted by molar-refractivity contribution is -0.116. The molecule has 0 aliphatic carbocycles. The number of fused-ring (bicyclic) bond motifs is 1. The van der Waals surface area contributed by atoms with Gasteiger partial charge in [-0.2, -0.15) is 0 Å². The van der Waals surface area contributed by atoms with Crippen molar-refractivity contribution in [3.63, 3.8) is 0 Å². The van der Waals surface area contributed by atoms with Crippen molar-refractivity contribution in [2.45, 2.75) is 6.54 Å². The van der Waals surface area contributed by atoms with Crippen LogP contribution in [0, 0.1) is 5.41 Å². The van der Waals surface area contributed by atoms with Crippen LogP contribution in [0.15, 0.2) is 42.5 Å². The molecule has 1 heterocycles. The third-order valence-corrected chi connectivity index (χ3v) is 4.55. The first-order chi connectivity index (χ1) is 11.6. The highest BCUT2D eigenvalue weighted by Crippen LogP contribution is 2.24. The molecule has 0 saturated heterocycles. The Hall–Kier alpha value is -2.51. The van der Waals surface area contributed by atoms with Crippen LogP contribution in [0.3, 0.4) is 0 Å². The summed E-state index contributed by atoms with van der Waals surface area (Å²) in [5, 5.41) is 10.9. The van der Waals surface area contributed by atoms with E-state index in [1.54, 1.807) is 30.9 Å². The predicted molar refractivity (Wildman–Crippen MR) is 101 cm³/mol. The number of carbonyl (C=O) groups is 1. The fourth-order valence-electron chi connectivity index (χ4n) is 2.43. The van der Waals surface area contributed by atoms with Crippen molar-refractivity contribution in [3.8, 4) is 11.5 Å². The van der Waals surface area contributed by atoms with E-state index >= 15 is 0 Å². The topological polar surface area (TPSA) is 76.3 Å². The van der Waals surface area contributed by atoms with Gasteiger partial charge in [-0.1, -0.05) is 23.5 Å². The lowest BCUT2D eigenvalue weighted by Gasteiger charge is -2.10. The molecule has 0 spiro atoms. The molecule has 3 aromatic rings. The fourth-order valence-corrected chi connectivity index (χ4v) is 3.37. The van der Waals surface area contributed by atoms with E-state index in [9.17, 15) is 4.79 Å². The number of nitrogens with zero attached hydrogens (tertiary/aromatic N) is 1. The second-order valence-corrected chi connectivity index (χ2v) is 6.11. The van der Waals surface area contributed by atoms with E-state index in [0.717, 1.165) is 16.0 Å². The largest absolute Gasteiger partial charge is 0.497 e. The summed E-state index contributed by atoms with van der Waals surface area (Å²) in [5.74, 6) is 1.12. The highest BCUT2D eigenvalue weighted by Gasteiger charge is 2.12. The maximum atomic E-state index is 12.4. The van der Waals surface area contributed by atoms with E-state index in [-0.39, 0.29) is 24.9 Å². The standard InChI is InChI=1S/C17H17N3O3S.ClH/c1-22-11-7-8-13-15(9-11)24-17(18)20(13)10-16(21)19-12-5-3-4-6-14(12)23-2;/h3-9,18H,10H2,1-2H3,(H,19,21);1H. The molecule has 6 nitrogen and oxygen atoms in total. The number of anilines is 1. The number of hydrogen-bond donors (Lipinski definition) is 2. The van der Waals surface area contributed by atoms with Gasteiger partial charge in [-0.05, 0) is 30.3 Å². The smallest absolute Gasteiger partial charge is 0.244 e. The van der Waals surface area contributed by atoms with Gasteiger partial charge in [0.25, 0.3) is 0 Å². The molecule has 0 aliphatic heterocycles. The van der Waals surface area contributed by atoms with Crippen molar-refractivity contribution in [2.24, 2.45) is 0 Å². The molecule has 132 valence electrons. The van der Waals surface area contributed by atoms with Crippen LogP contribution in [-0.4, -0.2) is 24.7 Å². The van der Waals surface area contributed by atoms with Crippen molar-refractivity contribution >= 4 is 45.6 Å². The number of para-hydroxylation sites is 2. The number of nitrogens with one attached hydrogen (secondary N) is 2. The number of hydrogen-bond acceptors (Lipinski definition) is 5. The molecule has 8 heteroatoms. The average Bonchev–Trinajstić information content (AvgIpc) is 2.90. The molecule has 1 amide bonds. The lowest BCUT2D eigenvalue weighted by atomic mass is 10.3. The van der Waals surface area contributed by atoms with E-state index < -0.39 is 0 Å². The number of benzene rings is 2. The van der Waals surface area contributed by atoms with Crippen molar-refractivity contribution in [2.75, 3.05) is 19.5 Å². The normalized spacial score (nSPS) is 10.2. The number of methoxy groups -OCH3 is 2. The van der Waals surface area contributed by atoms with E-state index in [1.165, 1.54) is 11.3 Å². The third kappa shape index (κ3) is 3.94. The van der Waals surface area contributed by atoms with Crippen molar-refractivity contribution < 1.29 is 14.3 Å². The van der Waals surface area contributed by atoms with Crippen molar-refractivity contribution in [3.05, 3.63) is 47.3 Å². The summed E-state index contributed by atoms with van der Waals surface area (Å²) >= 11 is 1.31. The number of rotatable bonds is 5. The second-order valence-electron chi connectivity index (χ2n) is 5.08. The van der Waals surface area contributed by atoms with Crippen LogP contribution in [0.25, 0.3) is 10.2 Å². The Balaban J connectivity index is 0.00000225. The first-order valence-electron chi connectivity index (χ1n) is 7.27. The van der Waals surface area contributed by atoms with E-state index in [1.807, 2.05) is 30.3 Å². The Morgan fingerprint density at radius 1 is 1.20 bits per heavy atom. The molecule has 0 saturated carbocycles. The van der Waals surface area contributed by atoms with Crippen LogP contribution >= 0.6 is 23.7 Å². The highest BCUT2D eigenvalue weighted by molar-refractivity contribution is 7.16. The first kappa shape index (κ1) is 18.8. The highest BCUT2D eigenvalue weighted by atomic mass is 35.5. The van der Waals surface area contributed by atoms with Gasteiger partial charge in [-0.15, -0.1) is 12.4 Å². The van der Waals surface area contributed by atoms with Gasteiger partial charge in [0.05, 0.1) is 30.1 Å². The Labute approximate surface area is 154 Å². The number of halogens is 1. The molecule has 0 bridgehead atoms. The van der Waals surface area contributed by atoms with Gasteiger partial charge < -0.3 is 19.4 Å². The fraction of sp³-hybridized carbons (Fsp3) is 0.176. The molecule has 3 rings (SSSR count). The van der Waals surface area contributed by atoms with Crippen LogP contribution in [0.5, 0.6) is 11.5 Å². The van der Waals surface area contributed by atoms with Crippen LogP contribution in [0.4, 0.5) is 5.69 Å². The molecule has 0 atom stereocenters. The summed E-state index contributed by atoms with van der Waals surface area (Å²) in [4.78, 5) is 12.7. The molecule has 25 heavy (non-hydrogen) atoms. The van der Waals surface area contributed by atoms with E-state index in [0.29, 0.717) is 16.2 Å². The van der Waals surface area contributed by atoms with E-state index in [4.69, 9.17) is 14.9 Å². The van der Waals surface area contributed by atoms with Gasteiger partial charge in [-0.25, -0.2) is 0 Å². The maximum absolute atomic E-state index is 12.4. The number of thiazole rings is 1. The van der Waals surface area contributed by atoms with Gasteiger partial charge in [0.2, 0.25) is 5.91 Å². The molecule has 0 aliphatic rings. The number of carbonyl (C=O) groups excluding carboxylic acids is 1. The number of ether oxygens (including phenoxy) is 2. The van der Waals surface area contributed by atoms with Crippen LogP contribution < -0.4 is 19.6 Å². The Bertz CT molecular complexity index is 952. The Morgan fingerprint density at radius 2 is 1.96 bits per heavy atom. The first-order valence-corrected chi connectivity index (χ1v) is 8.09. The van der Waals surface area contributed by atoms with Gasteiger partial charge >= 0.3 is 0 Å². The van der Waals surface area contributed by atoms with Gasteiger partial charge in [-0.3, -0.25) is 10.2 Å². The Kier molecular flexibility index (Phi) is 6.06. The summed E-state index contributed by atoms with van der Waals surface area (Å²) in [6, 6.07) is 12.8. The molecule has 1 aromatic heterocycles. The zero-order chi connectivity index (χ0) is 17.1. The van der Waals surface area contributed by atoms with Crippen LogP contribution in [0.1, 0.15) is 0 Å². The van der Waals surface area contributed by atoms with Gasteiger partial charge in [0, 0.05) is 0 Å². The maximum Gasteiger partial charge on any atom is 0.244 e. The molecule has 2 N–H and O–H groups in total. The van der Waals surface area contributed by atoms with Crippen molar-refractivity contribution in [1.29, 1.82) is 5.41 Å². The minimum Gasteiger partial charge on any atom is -0.497 e. The molecule has 0 radical (unpaired) electrons. The SMILES string of the molecule is COc1ccc2c(c1)sc(=N)n2CC(=O)Nc1ccccc1OC.Cl. The molecule has 2 aromatic carbocycles. The average molecular weight is 380 g/mol. The number of aromatic nitrogens is 1. The minimum absolute atomic E-state index is 0. The summed E-state index contributed by atoms with van der Waals surface area (Å²) < 4.78 is 13.0. The van der Waals surface area contributed by atoms with Crippen LogP contribution in [0.2, 0.25) is 0 Å². The van der Waals surface area contributed by atoms with Crippen molar-refractivity contribution in [1.82, 2.24) is 4.57 Å². The lowest BCUT2D eigenvalue weighted by Crippen LogP contribution is -2.24. The molecule has 0 fully saturated rings. The van der Waals surface area contributed by atoms with Gasteiger partial charge in [0.15, 0.2) is 4.80 Å². The Morgan fingerprint density at radius 3 is 2.68 bits per heavy atom. The third-order valence-electron chi connectivity index (χ3n) is 3.59. The summed E-state index contributed by atoms with van der Waals surface area (Å²) in [6.45, 7) is 0.0587. The van der Waals surface area contributed by atoms with Crippen LogP contribution in [-0.2, 0) is 11.3 Å². The molecular formula is C17H18ClN3O3S. The molecule has 0 unspecified atom stereocenters. The molecular weight excluding hydrogens is 362 g/mol. The predicted octanol–water partition coefficient (Wildman–Crippen LogP) is 3.26. The van der Waals surface area contributed by atoms with Gasteiger partial charge in [0.1, 0.15) is 18.0 Å². The minimum atomic E-state index is -0.214. The summed E-state index contributed by atoms with van der Waals surface area (Å²) in [6.07, 6.45) is 0. The van der Waals surface area contributed by atoms with E-state index in [2.05, 4.69) is 5.32 Å². The summed E-state index contributed by atoms with van der Waals surface area (Å²) in [7, 11) is 3.16.